The molecule has 1 aromatic heterocycles. The molecule has 94 valence electrons. The van der Waals surface area contributed by atoms with E-state index >= 15 is 0 Å². The molecule has 1 aromatic rings. The van der Waals surface area contributed by atoms with E-state index in [0.717, 1.165) is 23.3 Å². The lowest BCUT2D eigenvalue weighted by Gasteiger charge is -2.38. The van der Waals surface area contributed by atoms with Crippen LogP contribution in [0.25, 0.3) is 0 Å². The lowest BCUT2D eigenvalue weighted by molar-refractivity contribution is 0.180. The van der Waals surface area contributed by atoms with Crippen LogP contribution in [0.3, 0.4) is 0 Å². The highest BCUT2D eigenvalue weighted by Gasteiger charge is 2.31. The van der Waals surface area contributed by atoms with Gasteiger partial charge in [0.15, 0.2) is 5.16 Å². The van der Waals surface area contributed by atoms with Crippen LogP contribution in [0.4, 0.5) is 11.6 Å². The normalized spacial score (nSPS) is 17.4. The summed E-state index contributed by atoms with van der Waals surface area (Å²) in [5.74, 6) is 1.78. The number of nitrogens with one attached hydrogen (secondary N) is 2. The summed E-state index contributed by atoms with van der Waals surface area (Å²) in [6, 6.07) is 1.96. The van der Waals surface area contributed by atoms with Gasteiger partial charge in [0, 0.05) is 19.7 Å². The SMILES string of the molecule is CNc1cc(NCC2(C)CCC2)nc(SC)n1. The smallest absolute Gasteiger partial charge is 0.191 e. The topological polar surface area (TPSA) is 49.8 Å². The molecule has 5 heteroatoms. The van der Waals surface area contributed by atoms with Crippen molar-refractivity contribution in [1.82, 2.24) is 9.97 Å². The number of nitrogens with zero attached hydrogens (tertiary/aromatic N) is 2. The Morgan fingerprint density at radius 3 is 2.59 bits per heavy atom. The average Bonchev–Trinajstić information content (AvgIpc) is 2.33. The first-order valence-electron chi connectivity index (χ1n) is 6.00. The van der Waals surface area contributed by atoms with Crippen molar-refractivity contribution in [1.29, 1.82) is 0 Å². The van der Waals surface area contributed by atoms with Crippen LogP contribution in [0, 0.1) is 5.41 Å². The first kappa shape index (κ1) is 12.5. The number of thioether (sulfide) groups is 1. The molecular weight excluding hydrogens is 232 g/mol. The molecule has 0 saturated heterocycles. The Morgan fingerprint density at radius 2 is 2.06 bits per heavy atom. The van der Waals surface area contributed by atoms with E-state index in [-0.39, 0.29) is 0 Å². The number of rotatable bonds is 5. The molecule has 0 amide bonds. The fourth-order valence-electron chi connectivity index (χ4n) is 2.00. The van der Waals surface area contributed by atoms with E-state index in [2.05, 4.69) is 27.5 Å². The second-order valence-electron chi connectivity index (χ2n) is 4.89. The van der Waals surface area contributed by atoms with Gasteiger partial charge in [0.25, 0.3) is 0 Å². The van der Waals surface area contributed by atoms with E-state index in [9.17, 15) is 0 Å². The third-order valence-corrected chi connectivity index (χ3v) is 3.95. The second kappa shape index (κ2) is 5.12. The maximum Gasteiger partial charge on any atom is 0.191 e. The molecule has 1 fully saturated rings. The van der Waals surface area contributed by atoms with E-state index in [4.69, 9.17) is 0 Å². The quantitative estimate of drug-likeness (QED) is 0.623. The Hall–Kier alpha value is -0.970. The van der Waals surface area contributed by atoms with Crippen molar-refractivity contribution in [2.75, 3.05) is 30.5 Å². The molecule has 17 heavy (non-hydrogen) atoms. The average molecular weight is 252 g/mol. The van der Waals surface area contributed by atoms with Crippen LogP contribution < -0.4 is 10.6 Å². The first-order chi connectivity index (χ1) is 8.15. The summed E-state index contributed by atoms with van der Waals surface area (Å²) in [7, 11) is 1.88. The van der Waals surface area contributed by atoms with Gasteiger partial charge in [-0.2, -0.15) is 0 Å². The zero-order valence-corrected chi connectivity index (χ0v) is 11.5. The number of aromatic nitrogens is 2. The van der Waals surface area contributed by atoms with E-state index < -0.39 is 0 Å². The van der Waals surface area contributed by atoms with Crippen molar-refractivity contribution in [3.63, 3.8) is 0 Å². The Labute approximate surface area is 107 Å². The largest absolute Gasteiger partial charge is 0.373 e. The monoisotopic (exact) mass is 252 g/mol. The molecule has 0 atom stereocenters. The number of hydrogen-bond donors (Lipinski definition) is 2. The van der Waals surface area contributed by atoms with Gasteiger partial charge in [0.2, 0.25) is 0 Å². The number of anilines is 2. The molecular formula is C12H20N4S. The van der Waals surface area contributed by atoms with Crippen LogP contribution in [0.2, 0.25) is 0 Å². The molecule has 1 aliphatic rings. The highest BCUT2D eigenvalue weighted by Crippen LogP contribution is 2.40. The predicted octanol–water partition coefficient (Wildman–Crippen LogP) is 2.84. The highest BCUT2D eigenvalue weighted by molar-refractivity contribution is 7.98. The molecule has 1 aliphatic carbocycles. The van der Waals surface area contributed by atoms with Crippen molar-refractivity contribution >= 4 is 23.4 Å². The molecule has 0 unspecified atom stereocenters. The van der Waals surface area contributed by atoms with Gasteiger partial charge < -0.3 is 10.6 Å². The van der Waals surface area contributed by atoms with Crippen LogP contribution >= 0.6 is 11.8 Å². The Bertz CT molecular complexity index is 368. The van der Waals surface area contributed by atoms with Crippen LogP contribution in [0.1, 0.15) is 26.2 Å². The van der Waals surface area contributed by atoms with Gasteiger partial charge >= 0.3 is 0 Å². The summed E-state index contributed by atoms with van der Waals surface area (Å²) in [5.41, 5.74) is 0.463. The molecule has 0 aliphatic heterocycles. The standard InChI is InChI=1S/C12H20N4S/c1-12(5-4-6-12)8-14-10-7-9(13-2)15-11(16-10)17-3/h7H,4-6,8H2,1-3H3,(H2,13,14,15,16). The van der Waals surface area contributed by atoms with Gasteiger partial charge in [-0.25, -0.2) is 9.97 Å². The third-order valence-electron chi connectivity index (χ3n) is 3.40. The molecule has 1 heterocycles. The zero-order valence-electron chi connectivity index (χ0n) is 10.7. The lowest BCUT2D eigenvalue weighted by Crippen LogP contribution is -2.33. The van der Waals surface area contributed by atoms with Gasteiger partial charge in [0.05, 0.1) is 0 Å². The minimum atomic E-state index is 0.463. The van der Waals surface area contributed by atoms with E-state index in [0.29, 0.717) is 5.41 Å². The molecule has 0 aromatic carbocycles. The molecule has 0 bridgehead atoms. The Kier molecular flexibility index (Phi) is 3.76. The zero-order chi connectivity index (χ0) is 12.3. The Morgan fingerprint density at radius 1 is 1.35 bits per heavy atom. The van der Waals surface area contributed by atoms with Crippen molar-refractivity contribution in [2.24, 2.45) is 5.41 Å². The van der Waals surface area contributed by atoms with Crippen molar-refractivity contribution in [2.45, 2.75) is 31.3 Å². The van der Waals surface area contributed by atoms with E-state index in [1.54, 1.807) is 11.8 Å². The lowest BCUT2D eigenvalue weighted by atomic mass is 9.70. The molecule has 4 nitrogen and oxygen atoms in total. The molecule has 2 N–H and O–H groups in total. The fourth-order valence-corrected chi connectivity index (χ4v) is 2.38. The fraction of sp³-hybridized carbons (Fsp3) is 0.667. The minimum absolute atomic E-state index is 0.463. The molecule has 0 spiro atoms. The van der Waals surface area contributed by atoms with Gasteiger partial charge in [-0.1, -0.05) is 25.1 Å². The molecule has 2 rings (SSSR count). The van der Waals surface area contributed by atoms with Gasteiger partial charge in [-0.3, -0.25) is 0 Å². The highest BCUT2D eigenvalue weighted by atomic mass is 32.2. The predicted molar refractivity (Wildman–Crippen MR) is 73.8 cm³/mol. The molecule has 1 saturated carbocycles. The van der Waals surface area contributed by atoms with Crippen LogP contribution in [0.15, 0.2) is 11.2 Å². The van der Waals surface area contributed by atoms with Gasteiger partial charge in [-0.15, -0.1) is 0 Å². The van der Waals surface area contributed by atoms with E-state index in [1.807, 2.05) is 19.4 Å². The van der Waals surface area contributed by atoms with Gasteiger partial charge in [-0.05, 0) is 24.5 Å². The summed E-state index contributed by atoms with van der Waals surface area (Å²) < 4.78 is 0. The maximum atomic E-state index is 4.46. The van der Waals surface area contributed by atoms with Crippen molar-refractivity contribution in [3.8, 4) is 0 Å². The van der Waals surface area contributed by atoms with Crippen LogP contribution in [0.5, 0.6) is 0 Å². The van der Waals surface area contributed by atoms with Crippen LogP contribution in [-0.2, 0) is 0 Å². The second-order valence-corrected chi connectivity index (χ2v) is 5.67. The molecule has 0 radical (unpaired) electrons. The van der Waals surface area contributed by atoms with Gasteiger partial charge in [0.1, 0.15) is 11.6 Å². The number of hydrogen-bond acceptors (Lipinski definition) is 5. The third kappa shape index (κ3) is 3.03. The van der Waals surface area contributed by atoms with Crippen LogP contribution in [-0.4, -0.2) is 29.8 Å². The summed E-state index contributed by atoms with van der Waals surface area (Å²) in [6.45, 7) is 3.33. The van der Waals surface area contributed by atoms with E-state index in [1.165, 1.54) is 19.3 Å². The maximum absolute atomic E-state index is 4.46. The summed E-state index contributed by atoms with van der Waals surface area (Å²) >= 11 is 1.56. The Balaban J connectivity index is 2.03. The first-order valence-corrected chi connectivity index (χ1v) is 7.22. The summed E-state index contributed by atoms with van der Waals surface area (Å²) in [5, 5.41) is 7.30. The summed E-state index contributed by atoms with van der Waals surface area (Å²) in [6.07, 6.45) is 5.99. The minimum Gasteiger partial charge on any atom is -0.373 e. The van der Waals surface area contributed by atoms with Crippen molar-refractivity contribution in [3.05, 3.63) is 6.07 Å². The summed E-state index contributed by atoms with van der Waals surface area (Å²) in [4.78, 5) is 8.81. The van der Waals surface area contributed by atoms with Crippen molar-refractivity contribution < 1.29 is 0 Å².